The lowest BCUT2D eigenvalue weighted by Crippen LogP contribution is -2.24. The normalized spacial score (nSPS) is 11.1. The monoisotopic (exact) mass is 279 g/mol. The number of unbranched alkanes of at least 4 members (excludes halogenated alkanes) is 2. The van der Waals surface area contributed by atoms with Crippen molar-refractivity contribution in [1.82, 2.24) is 0 Å². The number of aryl methyl sites for hydroxylation is 1. The molecule has 0 aromatic heterocycles. The summed E-state index contributed by atoms with van der Waals surface area (Å²) in [6.45, 7) is 6.09. The molecule has 19 heavy (non-hydrogen) atoms. The molecule has 0 unspecified atom stereocenters. The first-order chi connectivity index (χ1) is 9.36. The van der Waals surface area contributed by atoms with E-state index in [0.29, 0.717) is 0 Å². The Balaban J connectivity index is 2.30. The molecule has 0 aliphatic heterocycles. The standard InChI is InChI=1S/C16H27O2Si/c1-3-5-13-17-19(18-14-6-4-2)15-12-16-10-8-7-9-11-16/h7-11H,3-6,12-15H2,1-2H3. The second kappa shape index (κ2) is 11.2. The van der Waals surface area contributed by atoms with E-state index in [1.165, 1.54) is 18.4 Å². The van der Waals surface area contributed by atoms with Gasteiger partial charge in [-0.15, -0.1) is 0 Å². The van der Waals surface area contributed by atoms with Crippen LogP contribution in [0.2, 0.25) is 6.04 Å². The average molecular weight is 279 g/mol. The molecule has 0 aliphatic rings. The van der Waals surface area contributed by atoms with Crippen molar-refractivity contribution >= 4 is 9.28 Å². The Morgan fingerprint density at radius 1 is 0.895 bits per heavy atom. The quantitative estimate of drug-likeness (QED) is 0.443. The molecule has 1 aromatic carbocycles. The minimum Gasteiger partial charge on any atom is -0.393 e. The van der Waals surface area contributed by atoms with Gasteiger partial charge in [0.05, 0.1) is 0 Å². The molecular formula is C16H27O2Si. The minimum absolute atomic E-state index is 0.853. The Kier molecular flexibility index (Phi) is 9.68. The topological polar surface area (TPSA) is 18.5 Å². The van der Waals surface area contributed by atoms with Crippen molar-refractivity contribution in [2.45, 2.75) is 52.0 Å². The van der Waals surface area contributed by atoms with E-state index in [9.17, 15) is 0 Å². The fraction of sp³-hybridized carbons (Fsp3) is 0.625. The Bertz CT molecular complexity index is 293. The molecule has 3 heteroatoms. The highest BCUT2D eigenvalue weighted by atomic mass is 28.3. The Morgan fingerprint density at radius 3 is 2.00 bits per heavy atom. The first kappa shape index (κ1) is 16.4. The van der Waals surface area contributed by atoms with Gasteiger partial charge in [0.1, 0.15) is 0 Å². The summed E-state index contributed by atoms with van der Waals surface area (Å²) in [5.74, 6) is 0. The van der Waals surface area contributed by atoms with Crippen LogP contribution in [0.3, 0.4) is 0 Å². The fourth-order valence-electron chi connectivity index (χ4n) is 1.74. The van der Waals surface area contributed by atoms with E-state index in [-0.39, 0.29) is 0 Å². The third kappa shape index (κ3) is 8.19. The van der Waals surface area contributed by atoms with Crippen LogP contribution in [0.5, 0.6) is 0 Å². The van der Waals surface area contributed by atoms with E-state index in [1.807, 2.05) is 0 Å². The minimum atomic E-state index is -1.09. The second-order valence-electron chi connectivity index (χ2n) is 4.76. The summed E-state index contributed by atoms with van der Waals surface area (Å²) < 4.78 is 11.9. The molecule has 0 fully saturated rings. The maximum atomic E-state index is 5.93. The molecule has 0 amide bonds. The lowest BCUT2D eigenvalue weighted by Gasteiger charge is -2.15. The van der Waals surface area contributed by atoms with E-state index in [2.05, 4.69) is 44.2 Å². The third-order valence-electron chi connectivity index (χ3n) is 2.98. The summed E-state index contributed by atoms with van der Waals surface area (Å²) in [7, 11) is -1.09. The van der Waals surface area contributed by atoms with Crippen LogP contribution >= 0.6 is 0 Å². The van der Waals surface area contributed by atoms with Crippen molar-refractivity contribution in [3.8, 4) is 0 Å². The van der Waals surface area contributed by atoms with Gasteiger partial charge in [0, 0.05) is 13.2 Å². The van der Waals surface area contributed by atoms with Gasteiger partial charge in [-0.2, -0.15) is 0 Å². The maximum absolute atomic E-state index is 5.93. The number of hydrogen-bond donors (Lipinski definition) is 0. The molecule has 1 rings (SSSR count). The average Bonchev–Trinajstić information content (AvgIpc) is 2.45. The van der Waals surface area contributed by atoms with Crippen molar-refractivity contribution in [2.75, 3.05) is 13.2 Å². The molecule has 2 nitrogen and oxygen atoms in total. The lowest BCUT2D eigenvalue weighted by molar-refractivity contribution is 0.191. The molecule has 0 aliphatic carbocycles. The van der Waals surface area contributed by atoms with Gasteiger partial charge in [-0.25, -0.2) is 0 Å². The van der Waals surface area contributed by atoms with Crippen LogP contribution < -0.4 is 0 Å². The van der Waals surface area contributed by atoms with Crippen LogP contribution in [0.15, 0.2) is 30.3 Å². The highest BCUT2D eigenvalue weighted by molar-refractivity contribution is 6.44. The number of hydrogen-bond acceptors (Lipinski definition) is 2. The van der Waals surface area contributed by atoms with Gasteiger partial charge in [0.25, 0.3) is 0 Å². The number of rotatable bonds is 11. The third-order valence-corrected chi connectivity index (χ3v) is 4.69. The first-order valence-electron chi connectivity index (χ1n) is 7.52. The van der Waals surface area contributed by atoms with Gasteiger partial charge in [-0.05, 0) is 30.9 Å². The zero-order valence-electron chi connectivity index (χ0n) is 12.4. The van der Waals surface area contributed by atoms with Gasteiger partial charge in [0.15, 0.2) is 0 Å². The summed E-state index contributed by atoms with van der Waals surface area (Å²) in [5.41, 5.74) is 1.38. The van der Waals surface area contributed by atoms with Gasteiger partial charge >= 0.3 is 9.28 Å². The van der Waals surface area contributed by atoms with Crippen molar-refractivity contribution < 1.29 is 8.85 Å². The van der Waals surface area contributed by atoms with Gasteiger partial charge in [-0.1, -0.05) is 57.0 Å². The zero-order valence-corrected chi connectivity index (χ0v) is 13.4. The zero-order chi connectivity index (χ0) is 13.8. The Hall–Kier alpha value is -0.643. The molecule has 0 N–H and O–H groups in total. The summed E-state index contributed by atoms with van der Waals surface area (Å²) in [6.07, 6.45) is 5.70. The molecule has 0 atom stereocenters. The summed E-state index contributed by atoms with van der Waals surface area (Å²) >= 11 is 0. The largest absolute Gasteiger partial charge is 0.393 e. The summed E-state index contributed by atoms with van der Waals surface area (Å²) in [4.78, 5) is 0. The first-order valence-corrected chi connectivity index (χ1v) is 9.04. The molecule has 1 aromatic rings. The molecule has 1 radical (unpaired) electrons. The maximum Gasteiger partial charge on any atom is 0.384 e. The molecule has 0 saturated carbocycles. The summed E-state index contributed by atoms with van der Waals surface area (Å²) in [5, 5.41) is 0. The number of benzene rings is 1. The second-order valence-corrected chi connectivity index (χ2v) is 6.58. The summed E-state index contributed by atoms with van der Waals surface area (Å²) in [6, 6.07) is 11.7. The fourth-order valence-corrected chi connectivity index (χ4v) is 3.35. The lowest BCUT2D eigenvalue weighted by atomic mass is 10.2. The van der Waals surface area contributed by atoms with Crippen molar-refractivity contribution in [1.29, 1.82) is 0 Å². The van der Waals surface area contributed by atoms with Crippen molar-refractivity contribution in [3.05, 3.63) is 35.9 Å². The van der Waals surface area contributed by atoms with Gasteiger partial charge in [-0.3, -0.25) is 0 Å². The highest BCUT2D eigenvalue weighted by Gasteiger charge is 2.15. The van der Waals surface area contributed by atoms with Crippen LogP contribution in [-0.4, -0.2) is 22.5 Å². The highest BCUT2D eigenvalue weighted by Crippen LogP contribution is 2.08. The van der Waals surface area contributed by atoms with Crippen molar-refractivity contribution in [2.24, 2.45) is 0 Å². The molecule has 0 spiro atoms. The molecule has 0 bridgehead atoms. The molecular weight excluding hydrogens is 252 g/mol. The van der Waals surface area contributed by atoms with Gasteiger partial charge in [0.2, 0.25) is 0 Å². The molecule has 0 heterocycles. The molecule has 107 valence electrons. The van der Waals surface area contributed by atoms with E-state index in [1.54, 1.807) is 0 Å². The van der Waals surface area contributed by atoms with Gasteiger partial charge < -0.3 is 8.85 Å². The Labute approximate surface area is 120 Å². The van der Waals surface area contributed by atoms with Crippen LogP contribution in [0.1, 0.15) is 45.1 Å². The van der Waals surface area contributed by atoms with E-state index >= 15 is 0 Å². The van der Waals surface area contributed by atoms with Crippen LogP contribution in [0, 0.1) is 0 Å². The molecule has 0 saturated heterocycles. The Morgan fingerprint density at radius 2 is 1.47 bits per heavy atom. The smallest absolute Gasteiger partial charge is 0.384 e. The van der Waals surface area contributed by atoms with Crippen LogP contribution in [0.4, 0.5) is 0 Å². The van der Waals surface area contributed by atoms with Crippen LogP contribution in [0.25, 0.3) is 0 Å². The van der Waals surface area contributed by atoms with E-state index in [4.69, 9.17) is 8.85 Å². The van der Waals surface area contributed by atoms with Crippen molar-refractivity contribution in [3.63, 3.8) is 0 Å². The van der Waals surface area contributed by atoms with E-state index in [0.717, 1.165) is 38.5 Å². The van der Waals surface area contributed by atoms with Crippen LogP contribution in [-0.2, 0) is 15.3 Å². The van der Waals surface area contributed by atoms with E-state index < -0.39 is 9.28 Å². The SMILES string of the molecule is CCCCO[Si](CCc1ccccc1)OCCCC. The predicted molar refractivity (Wildman–Crippen MR) is 82.4 cm³/mol. The predicted octanol–water partition coefficient (Wildman–Crippen LogP) is 4.35.